The topological polar surface area (TPSA) is 61.5 Å². The number of rotatable bonds is 4. The van der Waals surface area contributed by atoms with Gasteiger partial charge in [-0.15, -0.1) is 0 Å². The van der Waals surface area contributed by atoms with E-state index in [0.29, 0.717) is 25.3 Å². The van der Waals surface area contributed by atoms with E-state index in [1.807, 2.05) is 0 Å². The van der Waals surface area contributed by atoms with Crippen LogP contribution in [0.2, 0.25) is 0 Å². The first-order chi connectivity index (χ1) is 10.00. The number of hydrogen-bond donors (Lipinski definition) is 1. The van der Waals surface area contributed by atoms with Crippen molar-refractivity contribution in [2.24, 2.45) is 0 Å². The molecule has 1 unspecified atom stereocenters. The van der Waals surface area contributed by atoms with E-state index in [1.165, 1.54) is 19.5 Å². The minimum absolute atomic E-state index is 0.0191. The van der Waals surface area contributed by atoms with Crippen LogP contribution >= 0.6 is 0 Å². The number of nitrogens with one attached hydrogen (secondary N) is 1. The molecule has 0 aliphatic carbocycles. The third-order valence-corrected chi connectivity index (χ3v) is 4.14. The van der Waals surface area contributed by atoms with Gasteiger partial charge in [0.1, 0.15) is 0 Å². The van der Waals surface area contributed by atoms with Crippen molar-refractivity contribution in [2.45, 2.75) is 24.4 Å². The van der Waals surface area contributed by atoms with Gasteiger partial charge in [0.15, 0.2) is 0 Å². The van der Waals surface area contributed by atoms with Gasteiger partial charge in [0.2, 0.25) is 0 Å². The van der Waals surface area contributed by atoms with Crippen molar-refractivity contribution in [1.82, 2.24) is 20.0 Å². The van der Waals surface area contributed by atoms with Crippen LogP contribution in [0, 0.1) is 0 Å². The van der Waals surface area contributed by atoms with Crippen LogP contribution in [0.3, 0.4) is 0 Å². The fourth-order valence-electron chi connectivity index (χ4n) is 3.08. The van der Waals surface area contributed by atoms with E-state index in [-0.39, 0.29) is 31.0 Å². The van der Waals surface area contributed by atoms with Crippen LogP contribution in [0.1, 0.15) is 16.8 Å². The number of carbonyl (C=O) groups excluding carboxylic acids is 1. The molecule has 116 valence electrons. The second kappa shape index (κ2) is 5.34. The summed E-state index contributed by atoms with van der Waals surface area (Å²) in [5, 5.41) is 6.33. The Kier molecular flexibility index (Phi) is 3.66. The van der Waals surface area contributed by atoms with E-state index in [1.54, 1.807) is 9.80 Å². The summed E-state index contributed by atoms with van der Waals surface area (Å²) in [6.07, 6.45) is 2.83. The lowest BCUT2D eigenvalue weighted by Crippen LogP contribution is -2.62. The summed E-state index contributed by atoms with van der Waals surface area (Å²) >= 11 is 0. The zero-order chi connectivity index (χ0) is 15.0. The highest BCUT2D eigenvalue weighted by atomic mass is 19.3. The number of halogens is 2. The summed E-state index contributed by atoms with van der Waals surface area (Å²) in [6, 6.07) is -0.296. The molecule has 1 aromatic rings. The number of aromatic amines is 1. The Bertz CT molecular complexity index is 502. The van der Waals surface area contributed by atoms with Crippen molar-refractivity contribution < 1.29 is 18.3 Å². The number of methoxy groups -OCH3 is 1. The van der Waals surface area contributed by atoms with Gasteiger partial charge in [-0.1, -0.05) is 0 Å². The number of hydrogen-bond acceptors (Lipinski definition) is 4. The first kappa shape index (κ1) is 14.4. The summed E-state index contributed by atoms with van der Waals surface area (Å²) in [5.41, 5.74) is 0.494. The summed E-state index contributed by atoms with van der Waals surface area (Å²) in [5.74, 6) is -2.78. The van der Waals surface area contributed by atoms with E-state index in [4.69, 9.17) is 4.74 Å². The van der Waals surface area contributed by atoms with Gasteiger partial charge in [0.25, 0.3) is 11.8 Å². The molecule has 0 aromatic carbocycles. The Morgan fingerprint density at radius 2 is 2.33 bits per heavy atom. The molecule has 0 radical (unpaired) electrons. The van der Waals surface area contributed by atoms with E-state index < -0.39 is 5.92 Å². The lowest BCUT2D eigenvalue weighted by atomic mass is 10.0. The Morgan fingerprint density at radius 1 is 1.57 bits per heavy atom. The highest BCUT2D eigenvalue weighted by Crippen LogP contribution is 2.35. The third kappa shape index (κ3) is 2.77. The molecule has 1 amide bonds. The maximum Gasteiger partial charge on any atom is 0.262 e. The van der Waals surface area contributed by atoms with Crippen LogP contribution in [0.5, 0.6) is 0 Å². The Labute approximate surface area is 121 Å². The number of carbonyl (C=O) groups is 1. The predicted octanol–water partition coefficient (Wildman–Crippen LogP) is 0.590. The van der Waals surface area contributed by atoms with Crippen LogP contribution in [-0.4, -0.2) is 77.3 Å². The lowest BCUT2D eigenvalue weighted by molar-refractivity contribution is -0.0136. The standard InChI is InChI=1S/C13H18F2N4O2/c1-21-7-10-2-13(14,15)8-19(10)11-5-18(6-11)12(20)9-3-16-17-4-9/h3-4,10-11H,2,5-8H2,1H3,(H,16,17). The van der Waals surface area contributed by atoms with Gasteiger partial charge in [-0.05, 0) is 0 Å². The van der Waals surface area contributed by atoms with Crippen LogP contribution < -0.4 is 0 Å². The molecule has 1 atom stereocenters. The van der Waals surface area contributed by atoms with Crippen LogP contribution in [-0.2, 0) is 4.74 Å². The van der Waals surface area contributed by atoms with E-state index >= 15 is 0 Å². The number of amides is 1. The number of likely N-dealkylation sites (tertiary alicyclic amines) is 2. The third-order valence-electron chi connectivity index (χ3n) is 4.14. The molecule has 2 fully saturated rings. The maximum absolute atomic E-state index is 13.6. The molecular weight excluding hydrogens is 282 g/mol. The fraction of sp³-hybridized carbons (Fsp3) is 0.692. The maximum atomic E-state index is 13.6. The molecule has 1 aromatic heterocycles. The Hall–Kier alpha value is -1.54. The minimum atomic E-state index is -2.67. The van der Waals surface area contributed by atoms with E-state index in [0.717, 1.165) is 0 Å². The molecule has 8 heteroatoms. The SMILES string of the molecule is COCC1CC(F)(F)CN1C1CN(C(=O)c2cn[nH]c2)C1. The van der Waals surface area contributed by atoms with Gasteiger partial charge in [-0.3, -0.25) is 14.8 Å². The molecule has 6 nitrogen and oxygen atoms in total. The molecule has 2 saturated heterocycles. The van der Waals surface area contributed by atoms with E-state index in [2.05, 4.69) is 10.2 Å². The molecule has 0 bridgehead atoms. The van der Waals surface area contributed by atoms with Gasteiger partial charge in [-0.25, -0.2) is 8.78 Å². The second-order valence-electron chi connectivity index (χ2n) is 5.69. The average molecular weight is 300 g/mol. The fourth-order valence-corrected chi connectivity index (χ4v) is 3.08. The zero-order valence-electron chi connectivity index (χ0n) is 11.8. The highest BCUT2D eigenvalue weighted by molar-refractivity contribution is 5.94. The monoisotopic (exact) mass is 300 g/mol. The van der Waals surface area contributed by atoms with Crippen LogP contribution in [0.15, 0.2) is 12.4 Å². The lowest BCUT2D eigenvalue weighted by Gasteiger charge is -2.45. The largest absolute Gasteiger partial charge is 0.383 e. The van der Waals surface area contributed by atoms with Crippen molar-refractivity contribution in [3.8, 4) is 0 Å². The first-order valence-corrected chi connectivity index (χ1v) is 6.91. The summed E-state index contributed by atoms with van der Waals surface area (Å²) in [4.78, 5) is 15.5. The Morgan fingerprint density at radius 3 is 2.95 bits per heavy atom. The highest BCUT2D eigenvalue weighted by Gasteiger charge is 2.50. The van der Waals surface area contributed by atoms with Crippen molar-refractivity contribution in [2.75, 3.05) is 33.4 Å². The molecule has 0 spiro atoms. The summed E-state index contributed by atoms with van der Waals surface area (Å²) in [6.45, 7) is 0.988. The number of alkyl halides is 2. The Balaban J connectivity index is 1.59. The second-order valence-corrected chi connectivity index (χ2v) is 5.69. The van der Waals surface area contributed by atoms with Gasteiger partial charge in [0.05, 0.1) is 24.9 Å². The number of ether oxygens (including phenoxy) is 1. The van der Waals surface area contributed by atoms with Crippen molar-refractivity contribution in [1.29, 1.82) is 0 Å². The van der Waals surface area contributed by atoms with Crippen molar-refractivity contribution in [3.63, 3.8) is 0 Å². The van der Waals surface area contributed by atoms with Crippen molar-refractivity contribution >= 4 is 5.91 Å². The molecule has 1 N–H and O–H groups in total. The molecule has 2 aliphatic heterocycles. The molecule has 21 heavy (non-hydrogen) atoms. The van der Waals surface area contributed by atoms with Crippen molar-refractivity contribution in [3.05, 3.63) is 18.0 Å². The molecule has 0 saturated carbocycles. The quantitative estimate of drug-likeness (QED) is 0.884. The normalized spacial score (nSPS) is 26.0. The summed E-state index contributed by atoms with van der Waals surface area (Å²) < 4.78 is 32.2. The molecule has 3 heterocycles. The van der Waals surface area contributed by atoms with Gasteiger partial charge in [0, 0.05) is 44.9 Å². The smallest absolute Gasteiger partial charge is 0.262 e. The van der Waals surface area contributed by atoms with Crippen LogP contribution in [0.4, 0.5) is 8.78 Å². The first-order valence-electron chi connectivity index (χ1n) is 6.91. The number of nitrogens with zero attached hydrogens (tertiary/aromatic N) is 3. The average Bonchev–Trinajstić information content (AvgIpc) is 2.96. The zero-order valence-corrected chi connectivity index (χ0v) is 11.8. The molecule has 3 rings (SSSR count). The van der Waals surface area contributed by atoms with Gasteiger partial charge in [-0.2, -0.15) is 5.10 Å². The van der Waals surface area contributed by atoms with Gasteiger partial charge < -0.3 is 9.64 Å². The summed E-state index contributed by atoms with van der Waals surface area (Å²) in [7, 11) is 1.52. The van der Waals surface area contributed by atoms with Crippen LogP contribution in [0.25, 0.3) is 0 Å². The molecular formula is C13H18F2N4O2. The number of aromatic nitrogens is 2. The molecule has 2 aliphatic rings. The van der Waals surface area contributed by atoms with Gasteiger partial charge >= 0.3 is 0 Å². The minimum Gasteiger partial charge on any atom is -0.383 e. The predicted molar refractivity (Wildman–Crippen MR) is 70.2 cm³/mol. The van der Waals surface area contributed by atoms with E-state index in [9.17, 15) is 13.6 Å². The number of H-pyrrole nitrogens is 1.